The van der Waals surface area contributed by atoms with E-state index in [2.05, 4.69) is 5.32 Å². The fraction of sp³-hybridized carbons (Fsp3) is 0.579. The van der Waals surface area contributed by atoms with Crippen molar-refractivity contribution in [3.63, 3.8) is 0 Å². The van der Waals surface area contributed by atoms with Crippen LogP contribution in [0.25, 0.3) is 0 Å². The molecule has 2 N–H and O–H groups in total. The lowest BCUT2D eigenvalue weighted by molar-refractivity contribution is -0.141. The van der Waals surface area contributed by atoms with Gasteiger partial charge >= 0.3 is 5.97 Å². The molecule has 1 aliphatic rings. The van der Waals surface area contributed by atoms with E-state index in [1.165, 1.54) is 0 Å². The summed E-state index contributed by atoms with van der Waals surface area (Å²) >= 11 is 0. The number of ether oxygens (including phenoxy) is 1. The van der Waals surface area contributed by atoms with Crippen molar-refractivity contribution in [2.24, 2.45) is 11.3 Å². The summed E-state index contributed by atoms with van der Waals surface area (Å²) in [6.07, 6.45) is 5.24. The summed E-state index contributed by atoms with van der Waals surface area (Å²) < 4.78 is 5.17. The molecule has 1 aromatic carbocycles. The summed E-state index contributed by atoms with van der Waals surface area (Å²) in [5, 5.41) is 12.0. The normalized spacial score (nSPS) is 17.4. The molecule has 24 heavy (non-hydrogen) atoms. The SMILES string of the molecule is COCCC1(C(=O)Nc2ccc(CC(C)C(=O)O)cc2)CCCC1. The van der Waals surface area contributed by atoms with Gasteiger partial charge in [0.2, 0.25) is 5.91 Å². The minimum absolute atomic E-state index is 0.0729. The van der Waals surface area contributed by atoms with Crippen LogP contribution in [0.5, 0.6) is 0 Å². The molecule has 0 radical (unpaired) electrons. The molecule has 1 unspecified atom stereocenters. The number of hydrogen-bond acceptors (Lipinski definition) is 3. The average molecular weight is 333 g/mol. The highest BCUT2D eigenvalue weighted by molar-refractivity contribution is 5.95. The molecule has 0 spiro atoms. The van der Waals surface area contributed by atoms with E-state index in [1.807, 2.05) is 24.3 Å². The molecule has 1 saturated carbocycles. The number of rotatable bonds is 8. The minimum Gasteiger partial charge on any atom is -0.481 e. The topological polar surface area (TPSA) is 75.6 Å². The number of anilines is 1. The Hall–Kier alpha value is -1.88. The van der Waals surface area contributed by atoms with Gasteiger partial charge in [0.15, 0.2) is 0 Å². The molecule has 0 bridgehead atoms. The molecule has 1 amide bonds. The summed E-state index contributed by atoms with van der Waals surface area (Å²) in [6, 6.07) is 7.46. The Labute approximate surface area is 143 Å². The van der Waals surface area contributed by atoms with Crippen LogP contribution in [0.4, 0.5) is 5.69 Å². The first kappa shape index (κ1) is 18.5. The molecule has 132 valence electrons. The molecule has 1 atom stereocenters. The highest BCUT2D eigenvalue weighted by Gasteiger charge is 2.40. The van der Waals surface area contributed by atoms with Crippen LogP contribution in [0.15, 0.2) is 24.3 Å². The molecule has 0 aromatic heterocycles. The van der Waals surface area contributed by atoms with Gasteiger partial charge in [0.25, 0.3) is 0 Å². The standard InChI is InChI=1S/C19H27NO4/c1-14(17(21)22)13-15-5-7-16(8-6-15)20-18(23)19(11-12-24-2)9-3-4-10-19/h5-8,14H,3-4,9-13H2,1-2H3,(H,20,23)(H,21,22). The molecular weight excluding hydrogens is 306 g/mol. The predicted molar refractivity (Wildman–Crippen MR) is 93.0 cm³/mol. The summed E-state index contributed by atoms with van der Waals surface area (Å²) in [7, 11) is 1.66. The fourth-order valence-corrected chi connectivity index (χ4v) is 3.37. The first-order valence-corrected chi connectivity index (χ1v) is 8.59. The van der Waals surface area contributed by atoms with Gasteiger partial charge in [0.1, 0.15) is 0 Å². The highest BCUT2D eigenvalue weighted by atomic mass is 16.5. The van der Waals surface area contributed by atoms with Crippen molar-refractivity contribution in [3.8, 4) is 0 Å². The van der Waals surface area contributed by atoms with Crippen molar-refractivity contribution in [3.05, 3.63) is 29.8 Å². The smallest absolute Gasteiger partial charge is 0.306 e. The van der Waals surface area contributed by atoms with Crippen LogP contribution >= 0.6 is 0 Å². The van der Waals surface area contributed by atoms with E-state index in [-0.39, 0.29) is 11.3 Å². The number of methoxy groups -OCH3 is 1. The number of amides is 1. The first-order chi connectivity index (χ1) is 11.5. The van der Waals surface area contributed by atoms with Crippen LogP contribution in [0.2, 0.25) is 0 Å². The number of aliphatic carboxylic acids is 1. The number of benzene rings is 1. The second-order valence-corrected chi connectivity index (χ2v) is 6.82. The van der Waals surface area contributed by atoms with Gasteiger partial charge in [-0.2, -0.15) is 0 Å². The average Bonchev–Trinajstić information content (AvgIpc) is 3.04. The third-order valence-corrected chi connectivity index (χ3v) is 5.00. The number of hydrogen-bond donors (Lipinski definition) is 2. The Bertz CT molecular complexity index is 561. The molecule has 1 fully saturated rings. The molecule has 1 aliphatic carbocycles. The van der Waals surface area contributed by atoms with E-state index in [0.717, 1.165) is 43.4 Å². The van der Waals surface area contributed by atoms with Gasteiger partial charge in [0.05, 0.1) is 11.3 Å². The Balaban J connectivity index is 1.99. The lowest BCUT2D eigenvalue weighted by atomic mass is 9.82. The zero-order valence-electron chi connectivity index (χ0n) is 14.5. The molecule has 0 heterocycles. The van der Waals surface area contributed by atoms with E-state index >= 15 is 0 Å². The quantitative estimate of drug-likeness (QED) is 0.763. The molecule has 1 aromatic rings. The van der Waals surface area contributed by atoms with Crippen LogP contribution in [-0.2, 0) is 20.7 Å². The maximum Gasteiger partial charge on any atom is 0.306 e. The van der Waals surface area contributed by atoms with Crippen LogP contribution in [0.1, 0.15) is 44.6 Å². The number of carbonyl (C=O) groups excluding carboxylic acids is 1. The molecule has 0 saturated heterocycles. The third-order valence-electron chi connectivity index (χ3n) is 5.00. The number of carbonyl (C=O) groups is 2. The lowest BCUT2D eigenvalue weighted by Gasteiger charge is -2.27. The number of carboxylic acid groups (broad SMARTS) is 1. The van der Waals surface area contributed by atoms with Crippen LogP contribution in [0.3, 0.4) is 0 Å². The van der Waals surface area contributed by atoms with Gasteiger partial charge in [-0.3, -0.25) is 9.59 Å². The monoisotopic (exact) mass is 333 g/mol. The van der Waals surface area contributed by atoms with E-state index in [1.54, 1.807) is 14.0 Å². The second kappa shape index (κ2) is 8.29. The summed E-state index contributed by atoms with van der Waals surface area (Å²) in [5.41, 5.74) is 1.40. The maximum absolute atomic E-state index is 12.8. The van der Waals surface area contributed by atoms with Crippen molar-refractivity contribution in [2.45, 2.75) is 45.4 Å². The summed E-state index contributed by atoms with van der Waals surface area (Å²) in [4.78, 5) is 23.7. The van der Waals surface area contributed by atoms with Crippen LogP contribution < -0.4 is 5.32 Å². The predicted octanol–water partition coefficient (Wildman–Crippen LogP) is 3.49. The van der Waals surface area contributed by atoms with E-state index in [9.17, 15) is 9.59 Å². The van der Waals surface area contributed by atoms with Gasteiger partial charge in [-0.1, -0.05) is 31.9 Å². The summed E-state index contributed by atoms with van der Waals surface area (Å²) in [5.74, 6) is -1.14. The largest absolute Gasteiger partial charge is 0.481 e. The zero-order valence-corrected chi connectivity index (χ0v) is 14.5. The first-order valence-electron chi connectivity index (χ1n) is 8.59. The molecule has 5 heteroatoms. The minimum atomic E-state index is -0.798. The van der Waals surface area contributed by atoms with Gasteiger partial charge in [-0.25, -0.2) is 0 Å². The fourth-order valence-electron chi connectivity index (χ4n) is 3.37. The number of carboxylic acids is 1. The molecule has 2 rings (SSSR count). The van der Waals surface area contributed by atoms with Crippen molar-refractivity contribution in [1.29, 1.82) is 0 Å². The van der Waals surface area contributed by atoms with Gasteiger partial charge < -0.3 is 15.2 Å². The van der Waals surface area contributed by atoms with E-state index < -0.39 is 11.9 Å². The maximum atomic E-state index is 12.8. The highest BCUT2D eigenvalue weighted by Crippen LogP contribution is 2.42. The Morgan fingerprint density at radius 3 is 2.42 bits per heavy atom. The van der Waals surface area contributed by atoms with Gasteiger partial charge in [-0.15, -0.1) is 0 Å². The third kappa shape index (κ3) is 4.57. The van der Waals surface area contributed by atoms with Gasteiger partial charge in [0, 0.05) is 19.4 Å². The Morgan fingerprint density at radius 2 is 1.88 bits per heavy atom. The zero-order chi connectivity index (χ0) is 17.6. The second-order valence-electron chi connectivity index (χ2n) is 6.82. The Kier molecular flexibility index (Phi) is 6.37. The molecule has 5 nitrogen and oxygen atoms in total. The van der Waals surface area contributed by atoms with Crippen molar-refractivity contribution in [2.75, 3.05) is 19.0 Å². The summed E-state index contributed by atoms with van der Waals surface area (Å²) in [6.45, 7) is 2.29. The van der Waals surface area contributed by atoms with Gasteiger partial charge in [-0.05, 0) is 43.4 Å². The van der Waals surface area contributed by atoms with Crippen molar-refractivity contribution < 1.29 is 19.4 Å². The molecular formula is C19H27NO4. The van der Waals surface area contributed by atoms with E-state index in [0.29, 0.717) is 13.0 Å². The van der Waals surface area contributed by atoms with Crippen LogP contribution in [-0.4, -0.2) is 30.7 Å². The molecule has 0 aliphatic heterocycles. The number of nitrogens with one attached hydrogen (secondary N) is 1. The lowest BCUT2D eigenvalue weighted by Crippen LogP contribution is -2.34. The van der Waals surface area contributed by atoms with Crippen molar-refractivity contribution in [1.82, 2.24) is 0 Å². The van der Waals surface area contributed by atoms with E-state index in [4.69, 9.17) is 9.84 Å². The van der Waals surface area contributed by atoms with Crippen molar-refractivity contribution >= 4 is 17.6 Å². The van der Waals surface area contributed by atoms with Crippen LogP contribution in [0, 0.1) is 11.3 Å². The Morgan fingerprint density at radius 1 is 1.25 bits per heavy atom.